The highest BCUT2D eigenvalue weighted by molar-refractivity contribution is 6.42. The summed E-state index contributed by atoms with van der Waals surface area (Å²) >= 11 is 12.2. The molecule has 0 unspecified atom stereocenters. The molecule has 2 aromatic carbocycles. The standard InChI is InChI=1S/C23H25Cl2NO2/c1-4-14-26(3)23(2,16-19-10-12-20(24)21(25)15-19)17-28-22(27)13-11-18-8-6-5-7-9-18/h4-13,15H,1,14,16-17H2,2-3H3/t23-/m0/s1. The zero-order valence-corrected chi connectivity index (χ0v) is 17.7. The Morgan fingerprint density at radius 3 is 2.54 bits per heavy atom. The van der Waals surface area contributed by atoms with Gasteiger partial charge in [-0.15, -0.1) is 6.58 Å². The zero-order chi connectivity index (χ0) is 20.6. The topological polar surface area (TPSA) is 29.5 Å². The van der Waals surface area contributed by atoms with Crippen molar-refractivity contribution in [3.63, 3.8) is 0 Å². The van der Waals surface area contributed by atoms with E-state index in [1.54, 1.807) is 12.1 Å². The van der Waals surface area contributed by atoms with E-state index in [0.29, 0.717) is 23.0 Å². The first-order chi connectivity index (χ1) is 13.3. The first kappa shape index (κ1) is 22.2. The summed E-state index contributed by atoms with van der Waals surface area (Å²) in [6, 6.07) is 15.2. The minimum Gasteiger partial charge on any atom is -0.461 e. The van der Waals surface area contributed by atoms with Crippen LogP contribution in [-0.4, -0.2) is 36.6 Å². The average Bonchev–Trinajstić information content (AvgIpc) is 2.68. The van der Waals surface area contributed by atoms with E-state index in [1.807, 2.05) is 62.5 Å². The van der Waals surface area contributed by atoms with Gasteiger partial charge in [-0.3, -0.25) is 4.90 Å². The number of rotatable bonds is 9. The monoisotopic (exact) mass is 417 g/mol. The van der Waals surface area contributed by atoms with Crippen LogP contribution >= 0.6 is 23.2 Å². The van der Waals surface area contributed by atoms with E-state index < -0.39 is 5.54 Å². The Balaban J connectivity index is 2.09. The predicted molar refractivity (Wildman–Crippen MR) is 118 cm³/mol. The van der Waals surface area contributed by atoms with Gasteiger partial charge in [0, 0.05) is 12.6 Å². The third-order valence-electron chi connectivity index (χ3n) is 4.63. The lowest BCUT2D eigenvalue weighted by molar-refractivity contribution is -0.141. The van der Waals surface area contributed by atoms with Crippen LogP contribution < -0.4 is 0 Å². The van der Waals surface area contributed by atoms with Crippen molar-refractivity contribution in [3.05, 3.63) is 88.4 Å². The Morgan fingerprint density at radius 2 is 1.89 bits per heavy atom. The molecule has 0 heterocycles. The molecule has 2 aromatic rings. The van der Waals surface area contributed by atoms with Crippen molar-refractivity contribution in [1.29, 1.82) is 0 Å². The molecule has 0 amide bonds. The Kier molecular flexibility index (Phi) is 8.31. The second-order valence-corrected chi connectivity index (χ2v) is 7.76. The van der Waals surface area contributed by atoms with Crippen LogP contribution in [0.5, 0.6) is 0 Å². The van der Waals surface area contributed by atoms with Gasteiger partial charge in [-0.05, 0) is 49.7 Å². The summed E-state index contributed by atoms with van der Waals surface area (Å²) in [6.45, 7) is 6.75. The Morgan fingerprint density at radius 1 is 1.18 bits per heavy atom. The van der Waals surface area contributed by atoms with E-state index in [-0.39, 0.29) is 12.6 Å². The molecule has 0 N–H and O–H groups in total. The first-order valence-electron chi connectivity index (χ1n) is 9.00. The maximum atomic E-state index is 12.2. The van der Waals surface area contributed by atoms with Crippen molar-refractivity contribution >= 4 is 35.2 Å². The number of hydrogen-bond donors (Lipinski definition) is 0. The average molecular weight is 418 g/mol. The molecule has 2 rings (SSSR count). The Hall–Kier alpha value is -2.07. The maximum absolute atomic E-state index is 12.2. The zero-order valence-electron chi connectivity index (χ0n) is 16.2. The van der Waals surface area contributed by atoms with E-state index in [2.05, 4.69) is 11.5 Å². The molecule has 0 aliphatic heterocycles. The minimum absolute atomic E-state index is 0.232. The van der Waals surface area contributed by atoms with E-state index in [1.165, 1.54) is 6.08 Å². The van der Waals surface area contributed by atoms with Crippen LogP contribution in [0.4, 0.5) is 0 Å². The van der Waals surface area contributed by atoms with Gasteiger partial charge in [0.15, 0.2) is 0 Å². The second kappa shape index (κ2) is 10.5. The van der Waals surface area contributed by atoms with Crippen LogP contribution in [-0.2, 0) is 16.0 Å². The molecule has 5 heteroatoms. The van der Waals surface area contributed by atoms with Gasteiger partial charge in [0.25, 0.3) is 0 Å². The van der Waals surface area contributed by atoms with E-state index in [9.17, 15) is 4.79 Å². The van der Waals surface area contributed by atoms with Crippen molar-refractivity contribution in [2.75, 3.05) is 20.2 Å². The van der Waals surface area contributed by atoms with Crippen LogP contribution in [0, 0.1) is 0 Å². The van der Waals surface area contributed by atoms with Crippen molar-refractivity contribution in [2.24, 2.45) is 0 Å². The molecule has 148 valence electrons. The van der Waals surface area contributed by atoms with Crippen LogP contribution in [0.1, 0.15) is 18.1 Å². The highest BCUT2D eigenvalue weighted by Crippen LogP contribution is 2.27. The molecule has 0 aliphatic rings. The van der Waals surface area contributed by atoms with Crippen molar-refractivity contribution in [3.8, 4) is 0 Å². The van der Waals surface area contributed by atoms with E-state index in [0.717, 1.165) is 11.1 Å². The molecule has 0 fully saturated rings. The summed E-state index contributed by atoms with van der Waals surface area (Å²) < 4.78 is 5.56. The SMILES string of the molecule is C=CCN(C)[C@](C)(COC(=O)C=Cc1ccccc1)Cc1ccc(Cl)c(Cl)c1. The number of esters is 1. The predicted octanol–water partition coefficient (Wildman–Crippen LogP) is 5.67. The molecule has 3 nitrogen and oxygen atoms in total. The van der Waals surface area contributed by atoms with Gasteiger partial charge in [-0.25, -0.2) is 4.79 Å². The van der Waals surface area contributed by atoms with Crippen LogP contribution in [0.25, 0.3) is 6.08 Å². The summed E-state index contributed by atoms with van der Waals surface area (Å²) in [6.07, 6.45) is 5.66. The van der Waals surface area contributed by atoms with Crippen molar-refractivity contribution in [2.45, 2.75) is 18.9 Å². The highest BCUT2D eigenvalue weighted by Gasteiger charge is 2.31. The maximum Gasteiger partial charge on any atom is 0.330 e. The van der Waals surface area contributed by atoms with Gasteiger partial charge in [0.1, 0.15) is 6.61 Å². The molecule has 0 saturated carbocycles. The van der Waals surface area contributed by atoms with Crippen LogP contribution in [0.3, 0.4) is 0 Å². The molecule has 1 atom stereocenters. The molecule has 0 radical (unpaired) electrons. The largest absolute Gasteiger partial charge is 0.461 e. The quantitative estimate of drug-likeness (QED) is 0.299. The van der Waals surface area contributed by atoms with E-state index >= 15 is 0 Å². The summed E-state index contributed by atoms with van der Waals surface area (Å²) in [4.78, 5) is 14.3. The van der Waals surface area contributed by atoms with Crippen LogP contribution in [0.15, 0.2) is 67.3 Å². The van der Waals surface area contributed by atoms with Gasteiger partial charge < -0.3 is 4.74 Å². The molecular weight excluding hydrogens is 393 g/mol. The third-order valence-corrected chi connectivity index (χ3v) is 5.37. The van der Waals surface area contributed by atoms with Gasteiger partial charge in [-0.2, -0.15) is 0 Å². The number of carbonyl (C=O) groups is 1. The number of nitrogens with zero attached hydrogens (tertiary/aromatic N) is 1. The van der Waals surface area contributed by atoms with Gasteiger partial charge >= 0.3 is 5.97 Å². The molecule has 0 bridgehead atoms. The van der Waals surface area contributed by atoms with E-state index in [4.69, 9.17) is 27.9 Å². The summed E-state index contributed by atoms with van der Waals surface area (Å²) in [5, 5.41) is 1.03. The summed E-state index contributed by atoms with van der Waals surface area (Å²) in [5.74, 6) is -0.379. The van der Waals surface area contributed by atoms with Gasteiger partial charge in [-0.1, -0.05) is 65.7 Å². The Labute approximate surface area is 177 Å². The van der Waals surface area contributed by atoms with Gasteiger partial charge in [0.2, 0.25) is 0 Å². The highest BCUT2D eigenvalue weighted by atomic mass is 35.5. The molecule has 0 aliphatic carbocycles. The lowest BCUT2D eigenvalue weighted by Crippen LogP contribution is -2.49. The third kappa shape index (κ3) is 6.52. The lowest BCUT2D eigenvalue weighted by Gasteiger charge is -2.38. The van der Waals surface area contributed by atoms with Crippen molar-refractivity contribution in [1.82, 2.24) is 4.90 Å². The molecular formula is C23H25Cl2NO2. The Bertz CT molecular complexity index is 836. The molecule has 0 spiro atoms. The molecule has 28 heavy (non-hydrogen) atoms. The fourth-order valence-electron chi connectivity index (χ4n) is 2.80. The van der Waals surface area contributed by atoms with Gasteiger partial charge in [0.05, 0.1) is 15.6 Å². The number of carbonyl (C=O) groups excluding carboxylic acids is 1. The van der Waals surface area contributed by atoms with Crippen molar-refractivity contribution < 1.29 is 9.53 Å². The van der Waals surface area contributed by atoms with Crippen LogP contribution in [0.2, 0.25) is 10.0 Å². The number of benzene rings is 2. The first-order valence-corrected chi connectivity index (χ1v) is 9.75. The second-order valence-electron chi connectivity index (χ2n) is 6.94. The normalized spacial score (nSPS) is 13.5. The lowest BCUT2D eigenvalue weighted by atomic mass is 9.92. The fraction of sp³-hybridized carbons (Fsp3) is 0.261. The number of likely N-dealkylation sites (N-methyl/N-ethyl adjacent to an activating group) is 1. The molecule has 0 saturated heterocycles. The number of halogens is 2. The fourth-order valence-corrected chi connectivity index (χ4v) is 3.12. The smallest absolute Gasteiger partial charge is 0.330 e. The minimum atomic E-state index is -0.429. The summed E-state index contributed by atoms with van der Waals surface area (Å²) in [7, 11) is 1.98. The number of hydrogen-bond acceptors (Lipinski definition) is 3. The molecule has 0 aromatic heterocycles. The number of ether oxygens (including phenoxy) is 1. The summed E-state index contributed by atoms with van der Waals surface area (Å²) in [5.41, 5.74) is 1.53.